The van der Waals surface area contributed by atoms with Crippen molar-refractivity contribution in [3.63, 3.8) is 0 Å². The molecule has 0 bridgehead atoms. The number of hydrogen-bond donors (Lipinski definition) is 1. The summed E-state index contributed by atoms with van der Waals surface area (Å²) in [7, 11) is 0. The summed E-state index contributed by atoms with van der Waals surface area (Å²) >= 11 is 6.11. The molecule has 0 saturated carbocycles. The second-order valence-electron chi connectivity index (χ2n) is 4.86. The van der Waals surface area contributed by atoms with Crippen molar-refractivity contribution < 1.29 is 0 Å². The summed E-state index contributed by atoms with van der Waals surface area (Å²) in [6.07, 6.45) is 7.88. The van der Waals surface area contributed by atoms with Gasteiger partial charge in [0.15, 0.2) is 0 Å². The van der Waals surface area contributed by atoms with Gasteiger partial charge < -0.3 is 5.32 Å². The highest BCUT2D eigenvalue weighted by Crippen LogP contribution is 2.17. The standard InChI is InChI=1S/C16H23ClN2/c1-2-3-4-5-6-7-10-19-13-15-9-8-14(12-18)11-16(15)17/h8-9,11,19H,2-7,10,13H2,1H3. The van der Waals surface area contributed by atoms with Gasteiger partial charge in [0, 0.05) is 11.6 Å². The third kappa shape index (κ3) is 6.61. The Hall–Kier alpha value is -1.04. The lowest BCUT2D eigenvalue weighted by Gasteiger charge is -2.07. The Balaban J connectivity index is 2.14. The van der Waals surface area contributed by atoms with Gasteiger partial charge >= 0.3 is 0 Å². The molecule has 0 atom stereocenters. The van der Waals surface area contributed by atoms with Crippen LogP contribution in [0.25, 0.3) is 0 Å². The fourth-order valence-corrected chi connectivity index (χ4v) is 2.26. The molecule has 0 heterocycles. The number of halogens is 1. The SMILES string of the molecule is CCCCCCCCNCc1ccc(C#N)cc1Cl. The molecule has 1 aromatic rings. The Bertz CT molecular complexity index is 410. The Labute approximate surface area is 121 Å². The molecule has 1 N–H and O–H groups in total. The second-order valence-corrected chi connectivity index (χ2v) is 5.27. The summed E-state index contributed by atoms with van der Waals surface area (Å²) < 4.78 is 0. The van der Waals surface area contributed by atoms with Crippen LogP contribution in [0.15, 0.2) is 18.2 Å². The average molecular weight is 279 g/mol. The first-order valence-corrected chi connectivity index (χ1v) is 7.55. The maximum absolute atomic E-state index is 8.76. The van der Waals surface area contributed by atoms with Crippen molar-refractivity contribution in [1.29, 1.82) is 5.26 Å². The summed E-state index contributed by atoms with van der Waals surface area (Å²) in [4.78, 5) is 0. The van der Waals surface area contributed by atoms with Gasteiger partial charge in [-0.1, -0.05) is 56.7 Å². The molecule has 1 aromatic carbocycles. The molecule has 0 aliphatic rings. The van der Waals surface area contributed by atoms with E-state index in [1.807, 2.05) is 12.1 Å². The maximum Gasteiger partial charge on any atom is 0.0992 e. The van der Waals surface area contributed by atoms with E-state index in [1.54, 1.807) is 6.07 Å². The van der Waals surface area contributed by atoms with E-state index >= 15 is 0 Å². The van der Waals surface area contributed by atoms with Crippen LogP contribution < -0.4 is 5.32 Å². The monoisotopic (exact) mass is 278 g/mol. The Kier molecular flexibility index (Phi) is 8.29. The van der Waals surface area contributed by atoms with E-state index in [2.05, 4.69) is 18.3 Å². The molecule has 0 aliphatic carbocycles. The minimum atomic E-state index is 0.615. The molecule has 1 rings (SSSR count). The van der Waals surface area contributed by atoms with Gasteiger partial charge in [0.05, 0.1) is 11.6 Å². The molecule has 0 fully saturated rings. The highest BCUT2D eigenvalue weighted by atomic mass is 35.5. The lowest BCUT2D eigenvalue weighted by atomic mass is 10.1. The van der Waals surface area contributed by atoms with Crippen molar-refractivity contribution in [1.82, 2.24) is 5.32 Å². The molecule has 0 unspecified atom stereocenters. The predicted molar refractivity (Wildman–Crippen MR) is 81.2 cm³/mol. The largest absolute Gasteiger partial charge is 0.313 e. The Morgan fingerprint density at radius 2 is 1.89 bits per heavy atom. The predicted octanol–water partition coefficient (Wildman–Crippen LogP) is 4.66. The number of nitriles is 1. The lowest BCUT2D eigenvalue weighted by molar-refractivity contribution is 0.572. The molecule has 0 aromatic heterocycles. The first-order chi connectivity index (χ1) is 9.27. The summed E-state index contributed by atoms with van der Waals surface area (Å²) in [6, 6.07) is 7.56. The van der Waals surface area contributed by atoms with Crippen molar-refractivity contribution in [3.05, 3.63) is 34.3 Å². The van der Waals surface area contributed by atoms with Crippen LogP contribution in [-0.2, 0) is 6.54 Å². The topological polar surface area (TPSA) is 35.8 Å². The number of nitrogens with zero attached hydrogens (tertiary/aromatic N) is 1. The fourth-order valence-electron chi connectivity index (χ4n) is 2.01. The molecule has 3 heteroatoms. The molecule has 2 nitrogen and oxygen atoms in total. The van der Waals surface area contributed by atoms with Gasteiger partial charge in [-0.05, 0) is 30.7 Å². The van der Waals surface area contributed by atoms with Crippen LogP contribution in [0.5, 0.6) is 0 Å². The van der Waals surface area contributed by atoms with E-state index in [-0.39, 0.29) is 0 Å². The van der Waals surface area contributed by atoms with Crippen molar-refractivity contribution in [2.75, 3.05) is 6.54 Å². The van der Waals surface area contributed by atoms with Gasteiger partial charge in [-0.3, -0.25) is 0 Å². The Morgan fingerprint density at radius 3 is 2.58 bits per heavy atom. The molecule has 0 spiro atoms. The van der Waals surface area contributed by atoms with Crippen LogP contribution in [-0.4, -0.2) is 6.54 Å². The first-order valence-electron chi connectivity index (χ1n) is 7.17. The number of hydrogen-bond acceptors (Lipinski definition) is 2. The van der Waals surface area contributed by atoms with Crippen LogP contribution in [0, 0.1) is 11.3 Å². The van der Waals surface area contributed by atoms with Gasteiger partial charge in [-0.25, -0.2) is 0 Å². The first kappa shape index (κ1) is 16.0. The van der Waals surface area contributed by atoms with Crippen molar-refractivity contribution >= 4 is 11.6 Å². The van der Waals surface area contributed by atoms with Crippen molar-refractivity contribution in [2.45, 2.75) is 52.0 Å². The molecule has 0 saturated heterocycles. The maximum atomic E-state index is 8.76. The van der Waals surface area contributed by atoms with Gasteiger partial charge in [-0.15, -0.1) is 0 Å². The summed E-state index contributed by atoms with van der Waals surface area (Å²) in [5.41, 5.74) is 1.68. The molecular formula is C16H23ClN2. The zero-order valence-corrected chi connectivity index (χ0v) is 12.5. The number of benzene rings is 1. The molecule has 0 aliphatic heterocycles. The van der Waals surface area contributed by atoms with E-state index in [1.165, 1.54) is 38.5 Å². The molecular weight excluding hydrogens is 256 g/mol. The smallest absolute Gasteiger partial charge is 0.0992 e. The van der Waals surface area contributed by atoms with Crippen molar-refractivity contribution in [3.8, 4) is 6.07 Å². The summed E-state index contributed by atoms with van der Waals surface area (Å²) in [5, 5.41) is 12.8. The summed E-state index contributed by atoms with van der Waals surface area (Å²) in [5.74, 6) is 0. The van der Waals surface area contributed by atoms with Crippen molar-refractivity contribution in [2.24, 2.45) is 0 Å². The quantitative estimate of drug-likeness (QED) is 0.667. The number of rotatable bonds is 9. The van der Waals surface area contributed by atoms with Gasteiger partial charge in [0.25, 0.3) is 0 Å². The van der Waals surface area contributed by atoms with E-state index in [9.17, 15) is 0 Å². The van der Waals surface area contributed by atoms with Crippen LogP contribution in [0.4, 0.5) is 0 Å². The number of unbranched alkanes of at least 4 members (excludes halogenated alkanes) is 5. The molecule has 0 amide bonds. The highest BCUT2D eigenvalue weighted by Gasteiger charge is 2.01. The third-order valence-corrected chi connectivity index (χ3v) is 3.56. The van der Waals surface area contributed by atoms with Crippen LogP contribution in [0.3, 0.4) is 0 Å². The lowest BCUT2D eigenvalue weighted by Crippen LogP contribution is -2.14. The zero-order valence-electron chi connectivity index (χ0n) is 11.7. The van der Waals surface area contributed by atoms with Crippen LogP contribution in [0.1, 0.15) is 56.6 Å². The average Bonchev–Trinajstić information content (AvgIpc) is 2.43. The highest BCUT2D eigenvalue weighted by molar-refractivity contribution is 6.31. The van der Waals surface area contributed by atoms with E-state index in [4.69, 9.17) is 16.9 Å². The minimum Gasteiger partial charge on any atom is -0.313 e. The summed E-state index contributed by atoms with van der Waals surface area (Å²) in [6.45, 7) is 4.05. The molecule has 0 radical (unpaired) electrons. The van der Waals surface area contributed by atoms with E-state index in [0.29, 0.717) is 10.6 Å². The number of nitrogens with one attached hydrogen (secondary N) is 1. The minimum absolute atomic E-state index is 0.615. The fraction of sp³-hybridized carbons (Fsp3) is 0.562. The van der Waals surface area contributed by atoms with E-state index < -0.39 is 0 Å². The van der Waals surface area contributed by atoms with Gasteiger partial charge in [0.1, 0.15) is 0 Å². The van der Waals surface area contributed by atoms with E-state index in [0.717, 1.165) is 18.7 Å². The third-order valence-electron chi connectivity index (χ3n) is 3.20. The normalized spacial score (nSPS) is 10.4. The molecule has 19 heavy (non-hydrogen) atoms. The second kappa shape index (κ2) is 9.83. The zero-order chi connectivity index (χ0) is 13.9. The Morgan fingerprint density at radius 1 is 1.16 bits per heavy atom. The van der Waals surface area contributed by atoms with Crippen LogP contribution in [0.2, 0.25) is 5.02 Å². The van der Waals surface area contributed by atoms with Gasteiger partial charge in [0.2, 0.25) is 0 Å². The van der Waals surface area contributed by atoms with Gasteiger partial charge in [-0.2, -0.15) is 5.26 Å². The molecule has 104 valence electrons. The van der Waals surface area contributed by atoms with Crippen LogP contribution >= 0.6 is 11.6 Å².